The zero-order valence-electron chi connectivity index (χ0n) is 29.0. The quantitative estimate of drug-likeness (QED) is 0.159. The Morgan fingerprint density at radius 2 is 0.771 bits per heavy atom. The number of hydrogen-bond donors (Lipinski definition) is 4. The Kier molecular flexibility index (Phi) is 20.0. The zero-order chi connectivity index (χ0) is 36.3. The number of carbonyl (C=O) groups excluding carboxylic acids is 2. The van der Waals surface area contributed by atoms with E-state index >= 15 is 0 Å². The van der Waals surface area contributed by atoms with Crippen molar-refractivity contribution < 1.29 is 53.9 Å². The van der Waals surface area contributed by atoms with Gasteiger partial charge in [-0.25, -0.2) is 0 Å². The molecule has 2 fully saturated rings. The number of carbonyl (C=O) groups is 6. The molecule has 2 saturated heterocycles. The molecule has 17 heteroatoms. The smallest absolute Gasteiger partial charge is 0.320 e. The molecule has 4 N–H and O–H groups in total. The van der Waals surface area contributed by atoms with Gasteiger partial charge in [-0.1, -0.05) is 0 Å². The Balaban J connectivity index is 0.000000487. The van der Waals surface area contributed by atoms with E-state index in [-0.39, 0.29) is 44.2 Å². The summed E-state index contributed by atoms with van der Waals surface area (Å²) in [7, 11) is 0. The molecule has 0 aromatic heterocycles. The second-order valence-corrected chi connectivity index (χ2v) is 13.2. The van der Waals surface area contributed by atoms with Crippen LogP contribution in [0.1, 0.15) is 40.5 Å². The highest BCUT2D eigenvalue weighted by atomic mass is 16.6. The van der Waals surface area contributed by atoms with Crippen LogP contribution in [0.5, 0.6) is 0 Å². The molecule has 2 rings (SSSR count). The maximum atomic E-state index is 12.1. The Labute approximate surface area is 283 Å². The van der Waals surface area contributed by atoms with Crippen molar-refractivity contribution in [1.82, 2.24) is 29.4 Å². The molecule has 0 spiro atoms. The SMILES string of the molecule is CC(=O)CN1CCN(CCC(=O)O)CCN(CC(=O)OC(C)(C)C)CC1.O=C(O)CCN1CCN(CC(=O)O)CCN(CC(=O)O)CC1. The molecule has 0 aliphatic carbocycles. The highest BCUT2D eigenvalue weighted by Gasteiger charge is 2.23. The molecule has 0 bridgehead atoms. The molecule has 0 radical (unpaired) electrons. The van der Waals surface area contributed by atoms with Gasteiger partial charge < -0.3 is 35.0 Å². The number of carboxylic acids is 4. The fourth-order valence-electron chi connectivity index (χ4n) is 5.21. The third-order valence-corrected chi connectivity index (χ3v) is 7.62. The second kappa shape index (κ2) is 22.4. The van der Waals surface area contributed by atoms with Crippen LogP contribution in [-0.2, 0) is 33.5 Å². The van der Waals surface area contributed by atoms with Gasteiger partial charge in [0.2, 0.25) is 0 Å². The summed E-state index contributed by atoms with van der Waals surface area (Å²) in [5, 5.41) is 35.5. The van der Waals surface area contributed by atoms with Gasteiger partial charge in [0.1, 0.15) is 11.4 Å². The van der Waals surface area contributed by atoms with E-state index in [0.717, 1.165) is 0 Å². The summed E-state index contributed by atoms with van der Waals surface area (Å²) in [6.45, 7) is 15.5. The lowest BCUT2D eigenvalue weighted by molar-refractivity contribution is -0.156. The van der Waals surface area contributed by atoms with E-state index in [1.54, 1.807) is 16.7 Å². The number of Topliss-reactive ketones (excluding diaryl/α,β-unsaturated/α-hetero) is 1. The second-order valence-electron chi connectivity index (χ2n) is 13.2. The van der Waals surface area contributed by atoms with Crippen LogP contribution in [0.25, 0.3) is 0 Å². The summed E-state index contributed by atoms with van der Waals surface area (Å²) in [6.07, 6.45) is 0.0939. The first-order chi connectivity index (χ1) is 22.4. The van der Waals surface area contributed by atoms with E-state index in [9.17, 15) is 28.8 Å². The van der Waals surface area contributed by atoms with Crippen molar-refractivity contribution in [2.45, 2.75) is 46.1 Å². The number of hydrogen-bond acceptors (Lipinski definition) is 13. The lowest BCUT2D eigenvalue weighted by Gasteiger charge is -2.26. The van der Waals surface area contributed by atoms with Gasteiger partial charge in [0, 0.05) is 91.6 Å². The first-order valence-electron chi connectivity index (χ1n) is 16.3. The Bertz CT molecular complexity index is 1030. The molecular weight excluding hydrogens is 632 g/mol. The zero-order valence-corrected chi connectivity index (χ0v) is 29.0. The molecule has 0 amide bonds. The Hall–Kier alpha value is -3.22. The highest BCUT2D eigenvalue weighted by Crippen LogP contribution is 2.09. The number of esters is 1. The van der Waals surface area contributed by atoms with Crippen molar-refractivity contribution in [2.75, 3.05) is 118 Å². The van der Waals surface area contributed by atoms with Crippen LogP contribution in [0.2, 0.25) is 0 Å². The molecule has 2 heterocycles. The largest absolute Gasteiger partial charge is 0.481 e. The molecular formula is C31H56N6O11. The minimum atomic E-state index is -0.930. The van der Waals surface area contributed by atoms with Gasteiger partial charge in [-0.05, 0) is 27.7 Å². The van der Waals surface area contributed by atoms with Gasteiger partial charge in [-0.2, -0.15) is 0 Å². The average Bonchev–Trinajstić information content (AvgIpc) is 3.09. The topological polar surface area (TPSA) is 212 Å². The number of ketones is 1. The van der Waals surface area contributed by atoms with Crippen LogP contribution < -0.4 is 0 Å². The van der Waals surface area contributed by atoms with Crippen molar-refractivity contribution in [3.63, 3.8) is 0 Å². The van der Waals surface area contributed by atoms with Crippen LogP contribution >= 0.6 is 0 Å². The van der Waals surface area contributed by atoms with Crippen molar-refractivity contribution in [3.05, 3.63) is 0 Å². The molecule has 276 valence electrons. The van der Waals surface area contributed by atoms with Gasteiger partial charge in [-0.3, -0.25) is 48.4 Å². The van der Waals surface area contributed by atoms with E-state index in [0.29, 0.717) is 98.2 Å². The lowest BCUT2D eigenvalue weighted by atomic mass is 10.2. The number of nitrogens with zero attached hydrogens (tertiary/aromatic N) is 6. The maximum absolute atomic E-state index is 12.1. The van der Waals surface area contributed by atoms with Gasteiger partial charge in [0.05, 0.1) is 39.0 Å². The summed E-state index contributed by atoms with van der Waals surface area (Å²) in [6, 6.07) is 0. The van der Waals surface area contributed by atoms with Crippen LogP contribution in [0.15, 0.2) is 0 Å². The predicted molar refractivity (Wildman–Crippen MR) is 175 cm³/mol. The maximum Gasteiger partial charge on any atom is 0.320 e. The average molecular weight is 689 g/mol. The molecule has 2 aliphatic heterocycles. The van der Waals surface area contributed by atoms with Crippen molar-refractivity contribution in [2.24, 2.45) is 0 Å². The fraction of sp³-hybridized carbons (Fsp3) is 0.806. The van der Waals surface area contributed by atoms with Crippen LogP contribution in [0, 0.1) is 0 Å². The number of carboxylic acid groups (broad SMARTS) is 4. The molecule has 17 nitrogen and oxygen atoms in total. The Morgan fingerprint density at radius 3 is 1.04 bits per heavy atom. The molecule has 0 aromatic carbocycles. The molecule has 0 aromatic rings. The third kappa shape index (κ3) is 22.4. The first kappa shape index (κ1) is 42.8. The van der Waals surface area contributed by atoms with Gasteiger partial charge in [0.25, 0.3) is 0 Å². The standard InChI is InChI=1S/C18H33N3O5.C13H23N3O6/c1-15(22)13-20-9-7-19(6-5-16(23)24)8-10-21(12-11-20)14-17(25)26-18(2,3)4;17-11(18)1-2-14-3-5-15(9-12(19)20)7-8-16(6-4-14)10-13(21)22/h5-14H2,1-4H3,(H,23,24);1-10H2,(H,17,18)(H,19,20)(H,21,22). The van der Waals surface area contributed by atoms with E-state index in [2.05, 4.69) is 9.80 Å². The monoisotopic (exact) mass is 688 g/mol. The molecule has 48 heavy (non-hydrogen) atoms. The summed E-state index contributed by atoms with van der Waals surface area (Å²) in [5.41, 5.74) is -0.523. The number of aliphatic carboxylic acids is 4. The number of rotatable bonds is 14. The van der Waals surface area contributed by atoms with Crippen LogP contribution in [-0.4, -0.2) is 209 Å². The number of ether oxygens (including phenoxy) is 1. The first-order valence-corrected chi connectivity index (χ1v) is 16.3. The summed E-state index contributed by atoms with van der Waals surface area (Å²) in [5.74, 6) is -3.74. The van der Waals surface area contributed by atoms with Crippen LogP contribution in [0.4, 0.5) is 0 Å². The Morgan fingerprint density at radius 1 is 0.479 bits per heavy atom. The molecule has 2 aliphatic rings. The minimum absolute atomic E-state index is 0.0118. The summed E-state index contributed by atoms with van der Waals surface area (Å²) < 4.78 is 5.40. The van der Waals surface area contributed by atoms with Crippen molar-refractivity contribution in [1.29, 1.82) is 0 Å². The summed E-state index contributed by atoms with van der Waals surface area (Å²) >= 11 is 0. The summed E-state index contributed by atoms with van der Waals surface area (Å²) in [4.78, 5) is 78.5. The van der Waals surface area contributed by atoms with E-state index < -0.39 is 29.5 Å². The van der Waals surface area contributed by atoms with E-state index in [4.69, 9.17) is 25.2 Å². The highest BCUT2D eigenvalue weighted by molar-refractivity contribution is 5.77. The lowest BCUT2D eigenvalue weighted by Crippen LogP contribution is -2.41. The fourth-order valence-corrected chi connectivity index (χ4v) is 5.21. The minimum Gasteiger partial charge on any atom is -0.481 e. The third-order valence-electron chi connectivity index (χ3n) is 7.62. The van der Waals surface area contributed by atoms with Gasteiger partial charge >= 0.3 is 29.8 Å². The van der Waals surface area contributed by atoms with E-state index in [1.165, 1.54) is 0 Å². The van der Waals surface area contributed by atoms with Crippen molar-refractivity contribution >= 4 is 35.6 Å². The van der Waals surface area contributed by atoms with Crippen LogP contribution in [0.3, 0.4) is 0 Å². The predicted octanol–water partition coefficient (Wildman–Crippen LogP) is -1.14. The van der Waals surface area contributed by atoms with Crippen molar-refractivity contribution in [3.8, 4) is 0 Å². The van der Waals surface area contributed by atoms with E-state index in [1.807, 2.05) is 30.6 Å². The normalized spacial score (nSPS) is 18.8. The molecule has 0 atom stereocenters. The molecule has 0 unspecified atom stereocenters. The molecule has 0 saturated carbocycles. The van der Waals surface area contributed by atoms with Gasteiger partial charge in [0.15, 0.2) is 0 Å². The van der Waals surface area contributed by atoms with Gasteiger partial charge in [-0.15, -0.1) is 0 Å².